The van der Waals surface area contributed by atoms with Crippen molar-refractivity contribution in [2.24, 2.45) is 0 Å². The predicted molar refractivity (Wildman–Crippen MR) is 90.1 cm³/mol. The molecule has 0 amide bonds. The van der Waals surface area contributed by atoms with Gasteiger partial charge < -0.3 is 4.90 Å². The van der Waals surface area contributed by atoms with Crippen molar-refractivity contribution in [1.82, 2.24) is 0 Å². The van der Waals surface area contributed by atoms with Gasteiger partial charge in [0.15, 0.2) is 0 Å². The number of nitrogens with zero attached hydrogens (tertiary/aromatic N) is 1. The van der Waals surface area contributed by atoms with Crippen molar-refractivity contribution in [3.05, 3.63) is 53.3 Å². The van der Waals surface area contributed by atoms with Gasteiger partial charge in [-0.05, 0) is 55.3 Å². The molecular weight excluding hydrogens is 339 g/mol. The van der Waals surface area contributed by atoms with Crippen LogP contribution in [0.4, 0.5) is 15.8 Å². The average Bonchev–Trinajstić information content (AvgIpc) is 3.01. The first-order valence-electron chi connectivity index (χ1n) is 7.29. The molecule has 2 aromatic carbocycles. The highest BCUT2D eigenvalue weighted by molar-refractivity contribution is 7.92. The molecule has 0 saturated carbocycles. The molecule has 0 atom stereocenters. The molecule has 122 valence electrons. The van der Waals surface area contributed by atoms with Crippen LogP contribution in [0.5, 0.6) is 0 Å². The van der Waals surface area contributed by atoms with Crippen LogP contribution in [-0.2, 0) is 10.0 Å². The van der Waals surface area contributed by atoms with Gasteiger partial charge in [-0.3, -0.25) is 4.72 Å². The van der Waals surface area contributed by atoms with Crippen molar-refractivity contribution in [2.45, 2.75) is 17.7 Å². The van der Waals surface area contributed by atoms with Crippen LogP contribution in [0.3, 0.4) is 0 Å². The van der Waals surface area contributed by atoms with Crippen molar-refractivity contribution < 1.29 is 12.8 Å². The fraction of sp³-hybridized carbons (Fsp3) is 0.250. The molecular formula is C16H16ClFN2O2S. The summed E-state index contributed by atoms with van der Waals surface area (Å²) < 4.78 is 40.7. The molecule has 0 unspecified atom stereocenters. The van der Waals surface area contributed by atoms with E-state index in [9.17, 15) is 12.8 Å². The normalized spacial score (nSPS) is 15.0. The van der Waals surface area contributed by atoms with E-state index in [-0.39, 0.29) is 5.02 Å². The van der Waals surface area contributed by atoms with Crippen LogP contribution in [0, 0.1) is 5.82 Å². The predicted octanol–water partition coefficient (Wildman–Crippen LogP) is 3.88. The number of nitrogens with one attached hydrogen (secondary N) is 1. The van der Waals surface area contributed by atoms with E-state index >= 15 is 0 Å². The van der Waals surface area contributed by atoms with Crippen molar-refractivity contribution in [3.63, 3.8) is 0 Å². The molecule has 0 spiro atoms. The highest BCUT2D eigenvalue weighted by Crippen LogP contribution is 2.25. The van der Waals surface area contributed by atoms with Gasteiger partial charge in [-0.1, -0.05) is 11.6 Å². The summed E-state index contributed by atoms with van der Waals surface area (Å²) in [5.41, 5.74) is 1.45. The minimum absolute atomic E-state index is 0.149. The highest BCUT2D eigenvalue weighted by atomic mass is 35.5. The Labute approximate surface area is 139 Å². The van der Waals surface area contributed by atoms with Crippen LogP contribution in [0.1, 0.15) is 12.8 Å². The molecule has 1 heterocycles. The molecule has 0 radical (unpaired) electrons. The van der Waals surface area contributed by atoms with Crippen molar-refractivity contribution in [2.75, 3.05) is 22.7 Å². The van der Waals surface area contributed by atoms with Gasteiger partial charge in [0, 0.05) is 29.5 Å². The molecule has 23 heavy (non-hydrogen) atoms. The Hall–Kier alpha value is -1.79. The Bertz CT molecular complexity index is 803. The Balaban J connectivity index is 1.80. The topological polar surface area (TPSA) is 49.4 Å². The molecule has 1 aliphatic rings. The fourth-order valence-corrected chi connectivity index (χ4v) is 3.90. The Morgan fingerprint density at radius 1 is 1.04 bits per heavy atom. The lowest BCUT2D eigenvalue weighted by Crippen LogP contribution is -2.18. The number of sulfonamides is 1. The summed E-state index contributed by atoms with van der Waals surface area (Å²) in [6.45, 7) is 2.03. The summed E-state index contributed by atoms with van der Waals surface area (Å²) in [6, 6.07) is 10.6. The second-order valence-corrected chi connectivity index (χ2v) is 7.51. The van der Waals surface area contributed by atoms with E-state index in [2.05, 4.69) is 9.62 Å². The SMILES string of the molecule is O=S(=O)(Nc1ccc(N2CCCC2)cc1)c1ccc(Cl)cc1F. The van der Waals surface area contributed by atoms with Gasteiger partial charge >= 0.3 is 0 Å². The minimum Gasteiger partial charge on any atom is -0.372 e. The van der Waals surface area contributed by atoms with Crippen LogP contribution in [0.2, 0.25) is 5.02 Å². The first kappa shape index (κ1) is 16.1. The molecule has 4 nitrogen and oxygen atoms in total. The zero-order valence-electron chi connectivity index (χ0n) is 12.3. The van der Waals surface area contributed by atoms with Crippen molar-refractivity contribution in [1.29, 1.82) is 0 Å². The quantitative estimate of drug-likeness (QED) is 0.906. The van der Waals surface area contributed by atoms with E-state index in [1.54, 1.807) is 12.1 Å². The summed E-state index contributed by atoms with van der Waals surface area (Å²) in [5.74, 6) is -0.876. The van der Waals surface area contributed by atoms with Gasteiger partial charge in [0.2, 0.25) is 0 Å². The zero-order valence-corrected chi connectivity index (χ0v) is 13.9. The van der Waals surface area contributed by atoms with Gasteiger partial charge in [-0.15, -0.1) is 0 Å². The molecule has 1 aliphatic heterocycles. The van der Waals surface area contributed by atoms with Crippen molar-refractivity contribution >= 4 is 33.0 Å². The van der Waals surface area contributed by atoms with Crippen LogP contribution in [0.15, 0.2) is 47.4 Å². The summed E-state index contributed by atoms with van der Waals surface area (Å²) in [6.07, 6.45) is 2.34. The highest BCUT2D eigenvalue weighted by Gasteiger charge is 2.19. The second kappa shape index (κ2) is 6.37. The Kier molecular flexibility index (Phi) is 4.46. The van der Waals surface area contributed by atoms with Crippen LogP contribution in [-0.4, -0.2) is 21.5 Å². The molecule has 7 heteroatoms. The van der Waals surface area contributed by atoms with Gasteiger partial charge in [-0.25, -0.2) is 12.8 Å². The maximum Gasteiger partial charge on any atom is 0.264 e. The van der Waals surface area contributed by atoms with Crippen LogP contribution < -0.4 is 9.62 Å². The third kappa shape index (κ3) is 3.59. The summed E-state index contributed by atoms with van der Waals surface area (Å²) in [4.78, 5) is 1.82. The summed E-state index contributed by atoms with van der Waals surface area (Å²) in [5, 5.41) is 0.149. The number of halogens is 2. The second-order valence-electron chi connectivity index (χ2n) is 5.42. The average molecular weight is 355 g/mol. The Morgan fingerprint density at radius 3 is 2.30 bits per heavy atom. The maximum atomic E-state index is 13.8. The third-order valence-electron chi connectivity index (χ3n) is 3.77. The molecule has 1 fully saturated rings. The van der Waals surface area contributed by atoms with Gasteiger partial charge in [-0.2, -0.15) is 0 Å². The number of rotatable bonds is 4. The first-order valence-corrected chi connectivity index (χ1v) is 9.15. The number of benzene rings is 2. The third-order valence-corrected chi connectivity index (χ3v) is 5.42. The van der Waals surface area contributed by atoms with Crippen molar-refractivity contribution in [3.8, 4) is 0 Å². The monoisotopic (exact) mass is 354 g/mol. The summed E-state index contributed by atoms with van der Waals surface area (Å²) >= 11 is 5.65. The lowest BCUT2D eigenvalue weighted by molar-refractivity contribution is 0.570. The lowest BCUT2D eigenvalue weighted by atomic mass is 10.2. The summed E-state index contributed by atoms with van der Waals surface area (Å²) in [7, 11) is -3.99. The van der Waals surface area contributed by atoms with E-state index in [4.69, 9.17) is 11.6 Å². The molecule has 3 rings (SSSR count). The maximum absolute atomic E-state index is 13.8. The first-order chi connectivity index (χ1) is 11.0. The molecule has 2 aromatic rings. The molecule has 1 N–H and O–H groups in total. The number of anilines is 2. The molecule has 1 saturated heterocycles. The van der Waals surface area contributed by atoms with E-state index < -0.39 is 20.7 Å². The number of hydrogen-bond acceptors (Lipinski definition) is 3. The fourth-order valence-electron chi connectivity index (χ4n) is 2.62. The van der Waals surface area contributed by atoms with Crippen LogP contribution in [0.25, 0.3) is 0 Å². The smallest absolute Gasteiger partial charge is 0.264 e. The van der Waals surface area contributed by atoms with E-state index in [1.807, 2.05) is 12.1 Å². The molecule has 0 aromatic heterocycles. The molecule has 0 bridgehead atoms. The number of hydrogen-bond donors (Lipinski definition) is 1. The van der Waals surface area contributed by atoms with Gasteiger partial charge in [0.1, 0.15) is 10.7 Å². The standard InChI is InChI=1S/C16H16ClFN2O2S/c17-12-3-8-16(15(18)11-12)23(21,22)19-13-4-6-14(7-5-13)20-9-1-2-10-20/h3-8,11,19H,1-2,9-10H2. The van der Waals surface area contributed by atoms with E-state index in [0.29, 0.717) is 5.69 Å². The van der Waals surface area contributed by atoms with Crippen LogP contribution >= 0.6 is 11.6 Å². The minimum atomic E-state index is -3.99. The van der Waals surface area contributed by atoms with Gasteiger partial charge in [0.25, 0.3) is 10.0 Å². The van der Waals surface area contributed by atoms with E-state index in [0.717, 1.165) is 30.9 Å². The molecule has 0 aliphatic carbocycles. The largest absolute Gasteiger partial charge is 0.372 e. The Morgan fingerprint density at radius 2 is 1.70 bits per heavy atom. The van der Waals surface area contributed by atoms with Gasteiger partial charge in [0.05, 0.1) is 0 Å². The zero-order chi connectivity index (χ0) is 16.4. The lowest BCUT2D eigenvalue weighted by Gasteiger charge is -2.18. The van der Waals surface area contributed by atoms with E-state index in [1.165, 1.54) is 18.9 Å².